The van der Waals surface area contributed by atoms with Gasteiger partial charge in [-0.1, -0.05) is 18.2 Å². The third-order valence-electron chi connectivity index (χ3n) is 3.94. The van der Waals surface area contributed by atoms with E-state index in [9.17, 15) is 0 Å². The van der Waals surface area contributed by atoms with E-state index in [1.165, 1.54) is 40.6 Å². The van der Waals surface area contributed by atoms with Crippen LogP contribution in [0.2, 0.25) is 0 Å². The molecule has 1 aliphatic heterocycles. The summed E-state index contributed by atoms with van der Waals surface area (Å²) in [5.41, 5.74) is 5.93. The van der Waals surface area contributed by atoms with Crippen molar-refractivity contribution in [3.8, 4) is 0 Å². The van der Waals surface area contributed by atoms with Crippen molar-refractivity contribution in [2.24, 2.45) is 0 Å². The monoisotopic (exact) mass is 199 g/mol. The summed E-state index contributed by atoms with van der Waals surface area (Å²) in [4.78, 5) is 0. The molecule has 15 heavy (non-hydrogen) atoms. The number of nitrogens with zero attached hydrogens (tertiary/aromatic N) is 1. The molecule has 1 aromatic carbocycles. The Morgan fingerprint density at radius 2 is 2.07 bits per heavy atom. The minimum absolute atomic E-state index is 0.663. The van der Waals surface area contributed by atoms with E-state index in [-0.39, 0.29) is 0 Å². The summed E-state index contributed by atoms with van der Waals surface area (Å²) < 4.78 is 2.53. The molecule has 0 amide bonds. The standard InChI is InChI=1S/C14H17N/c1-9-7-8-12-5-4-6-13-10(2)11(3)15(9)14(12)13/h4-6,9H,7-8H2,1-3H3. The molecule has 78 valence electrons. The van der Waals surface area contributed by atoms with Gasteiger partial charge in [0, 0.05) is 17.1 Å². The normalized spacial score (nSPS) is 19.8. The molecule has 1 nitrogen and oxygen atoms in total. The Balaban J connectivity index is 2.52. The van der Waals surface area contributed by atoms with Crippen molar-refractivity contribution in [1.29, 1.82) is 0 Å². The van der Waals surface area contributed by atoms with Crippen molar-refractivity contribution >= 4 is 10.9 Å². The maximum atomic E-state index is 2.53. The molecule has 1 aromatic heterocycles. The Labute approximate surface area is 90.7 Å². The van der Waals surface area contributed by atoms with Crippen molar-refractivity contribution in [2.75, 3.05) is 0 Å². The maximum Gasteiger partial charge on any atom is 0.0520 e. The molecule has 0 bridgehead atoms. The van der Waals surface area contributed by atoms with Crippen molar-refractivity contribution in [3.63, 3.8) is 0 Å². The molecule has 3 rings (SSSR count). The fourth-order valence-corrected chi connectivity index (χ4v) is 2.97. The Hall–Kier alpha value is -1.24. The first-order valence-electron chi connectivity index (χ1n) is 5.79. The van der Waals surface area contributed by atoms with Crippen LogP contribution in [0.3, 0.4) is 0 Å². The van der Waals surface area contributed by atoms with Crippen LogP contribution in [-0.2, 0) is 6.42 Å². The van der Waals surface area contributed by atoms with Crippen LogP contribution < -0.4 is 0 Å². The van der Waals surface area contributed by atoms with Gasteiger partial charge in [-0.15, -0.1) is 0 Å². The lowest BCUT2D eigenvalue weighted by Gasteiger charge is -2.24. The first-order valence-corrected chi connectivity index (χ1v) is 5.79. The molecular weight excluding hydrogens is 182 g/mol. The third kappa shape index (κ3) is 1.04. The smallest absolute Gasteiger partial charge is 0.0520 e. The average molecular weight is 199 g/mol. The van der Waals surface area contributed by atoms with E-state index in [1.807, 2.05) is 0 Å². The van der Waals surface area contributed by atoms with Crippen LogP contribution in [0.4, 0.5) is 0 Å². The van der Waals surface area contributed by atoms with Gasteiger partial charge in [0.25, 0.3) is 0 Å². The van der Waals surface area contributed by atoms with Crippen molar-refractivity contribution < 1.29 is 0 Å². The number of aryl methyl sites for hydroxylation is 2. The van der Waals surface area contributed by atoms with Gasteiger partial charge in [-0.05, 0) is 44.7 Å². The molecule has 2 heterocycles. The second-order valence-corrected chi connectivity index (χ2v) is 4.78. The first-order chi connectivity index (χ1) is 7.20. The lowest BCUT2D eigenvalue weighted by Crippen LogP contribution is -2.13. The van der Waals surface area contributed by atoms with E-state index < -0.39 is 0 Å². The fraction of sp³-hybridized carbons (Fsp3) is 0.429. The van der Waals surface area contributed by atoms with Crippen LogP contribution in [0.1, 0.15) is 36.2 Å². The second-order valence-electron chi connectivity index (χ2n) is 4.78. The number of hydrogen-bond acceptors (Lipinski definition) is 0. The highest BCUT2D eigenvalue weighted by atomic mass is 15.0. The average Bonchev–Trinajstić information content (AvgIpc) is 2.50. The van der Waals surface area contributed by atoms with Gasteiger partial charge < -0.3 is 4.57 Å². The number of rotatable bonds is 0. The second kappa shape index (κ2) is 2.88. The van der Waals surface area contributed by atoms with Crippen LogP contribution in [0.15, 0.2) is 18.2 Å². The first kappa shape index (κ1) is 9.02. The van der Waals surface area contributed by atoms with Gasteiger partial charge in [0.1, 0.15) is 0 Å². The summed E-state index contributed by atoms with van der Waals surface area (Å²) in [6, 6.07) is 7.40. The zero-order valence-electron chi connectivity index (χ0n) is 9.67. The van der Waals surface area contributed by atoms with Gasteiger partial charge in [0.15, 0.2) is 0 Å². The van der Waals surface area contributed by atoms with E-state index in [4.69, 9.17) is 0 Å². The zero-order valence-corrected chi connectivity index (χ0v) is 9.67. The number of benzene rings is 1. The molecule has 0 radical (unpaired) electrons. The summed E-state index contributed by atoms with van der Waals surface area (Å²) in [6.07, 6.45) is 2.52. The molecule has 0 aliphatic carbocycles. The Morgan fingerprint density at radius 1 is 1.27 bits per heavy atom. The van der Waals surface area contributed by atoms with Crippen LogP contribution in [0, 0.1) is 13.8 Å². The van der Waals surface area contributed by atoms with Crippen LogP contribution >= 0.6 is 0 Å². The molecular formula is C14H17N. The molecule has 0 N–H and O–H groups in total. The quantitative estimate of drug-likeness (QED) is 0.608. The number of para-hydroxylation sites is 1. The molecule has 0 spiro atoms. The van der Waals surface area contributed by atoms with Crippen molar-refractivity contribution in [2.45, 2.75) is 39.7 Å². The molecule has 1 unspecified atom stereocenters. The minimum atomic E-state index is 0.663. The summed E-state index contributed by atoms with van der Waals surface area (Å²) in [6.45, 7) is 6.83. The number of aromatic nitrogens is 1. The van der Waals surface area contributed by atoms with Crippen molar-refractivity contribution in [1.82, 2.24) is 4.57 Å². The van der Waals surface area contributed by atoms with Crippen LogP contribution in [-0.4, -0.2) is 4.57 Å². The topological polar surface area (TPSA) is 4.93 Å². The van der Waals surface area contributed by atoms with Gasteiger partial charge >= 0.3 is 0 Å². The highest BCUT2D eigenvalue weighted by Crippen LogP contribution is 2.36. The van der Waals surface area contributed by atoms with Crippen LogP contribution in [0.25, 0.3) is 10.9 Å². The van der Waals surface area contributed by atoms with Crippen molar-refractivity contribution in [3.05, 3.63) is 35.0 Å². The molecule has 1 atom stereocenters. The highest BCUT2D eigenvalue weighted by molar-refractivity contribution is 5.88. The summed E-state index contributed by atoms with van der Waals surface area (Å²) in [5, 5.41) is 1.46. The summed E-state index contributed by atoms with van der Waals surface area (Å²) in [5.74, 6) is 0. The predicted molar refractivity (Wildman–Crippen MR) is 64.4 cm³/mol. The highest BCUT2D eigenvalue weighted by Gasteiger charge is 2.21. The fourth-order valence-electron chi connectivity index (χ4n) is 2.97. The van der Waals surface area contributed by atoms with E-state index in [0.717, 1.165) is 0 Å². The third-order valence-corrected chi connectivity index (χ3v) is 3.94. The lowest BCUT2D eigenvalue weighted by atomic mass is 9.99. The van der Waals surface area contributed by atoms with Gasteiger partial charge in [0.2, 0.25) is 0 Å². The number of hydrogen-bond donors (Lipinski definition) is 0. The maximum absolute atomic E-state index is 2.53. The molecule has 0 saturated heterocycles. The minimum Gasteiger partial charge on any atom is -0.342 e. The van der Waals surface area contributed by atoms with Gasteiger partial charge in [-0.25, -0.2) is 0 Å². The van der Waals surface area contributed by atoms with E-state index >= 15 is 0 Å². The Kier molecular flexibility index (Phi) is 1.73. The molecule has 2 aromatic rings. The van der Waals surface area contributed by atoms with Crippen LogP contribution in [0.5, 0.6) is 0 Å². The lowest BCUT2D eigenvalue weighted by molar-refractivity contribution is 0.494. The van der Waals surface area contributed by atoms with Gasteiger partial charge in [-0.2, -0.15) is 0 Å². The molecule has 0 fully saturated rings. The largest absolute Gasteiger partial charge is 0.342 e. The molecule has 0 saturated carbocycles. The molecule has 1 aliphatic rings. The van der Waals surface area contributed by atoms with E-state index in [2.05, 4.69) is 43.5 Å². The van der Waals surface area contributed by atoms with E-state index in [1.54, 1.807) is 0 Å². The Bertz CT molecular complexity index is 534. The van der Waals surface area contributed by atoms with Gasteiger partial charge in [0.05, 0.1) is 5.52 Å². The Morgan fingerprint density at radius 3 is 2.87 bits per heavy atom. The van der Waals surface area contributed by atoms with E-state index in [0.29, 0.717) is 6.04 Å². The summed E-state index contributed by atoms with van der Waals surface area (Å²) in [7, 11) is 0. The SMILES string of the molecule is Cc1c(C)n2c3c(cccc13)CCC2C. The molecule has 1 heteroatoms. The zero-order chi connectivity index (χ0) is 10.6. The summed E-state index contributed by atoms with van der Waals surface area (Å²) >= 11 is 0. The predicted octanol–water partition coefficient (Wildman–Crippen LogP) is 3.77. The van der Waals surface area contributed by atoms with Gasteiger partial charge in [-0.3, -0.25) is 0 Å².